The zero-order valence-corrected chi connectivity index (χ0v) is 31.6. The van der Waals surface area contributed by atoms with Crippen molar-refractivity contribution in [2.24, 2.45) is 0 Å². The Kier molecular flexibility index (Phi) is 12.1. The first kappa shape index (κ1) is 40.9. The fourth-order valence-electron chi connectivity index (χ4n) is 8.18. The Labute approximate surface area is 332 Å². The standard InChI is InChI=1S/C39H46Cl2N2O13/c40-13-19-14-43(25-11-26(23-5-1-2-6-24(23)29(19)25)54-38-35(51)33(49)31(47)28(16-45)56-38)36(52)18-8-20(10-21(42)9-18)39(17-41)7-3-4-22(12-39)53-37-34(50)32(48)30(46)27(15-44)55-37/h1-2,5-6,8-12,19,27-28,30-35,37-38,44-51H,3-4,7,13-17,42H2/t19-,27-,28+,30+,31-,32+,33-,34-,35+,37-,38+,39-/m1/s1. The summed E-state index contributed by atoms with van der Waals surface area (Å²) >= 11 is 13.2. The Morgan fingerprint density at radius 2 is 1.46 bits per heavy atom. The van der Waals surface area contributed by atoms with E-state index < -0.39 is 85.9 Å². The van der Waals surface area contributed by atoms with E-state index in [1.165, 1.54) is 0 Å². The van der Waals surface area contributed by atoms with Crippen molar-refractivity contribution in [3.63, 3.8) is 0 Å². The minimum absolute atomic E-state index is 0.0666. The molecule has 1 aliphatic carbocycles. The Morgan fingerprint density at radius 3 is 2.07 bits per heavy atom. The second-order valence-corrected chi connectivity index (χ2v) is 15.4. The highest BCUT2D eigenvalue weighted by molar-refractivity contribution is 6.20. The third-order valence-electron chi connectivity index (χ3n) is 11.3. The van der Waals surface area contributed by atoms with Gasteiger partial charge in [0.15, 0.2) is 0 Å². The molecule has 0 aromatic heterocycles. The summed E-state index contributed by atoms with van der Waals surface area (Å²) in [6.07, 6.45) is -11.5. The number of aliphatic hydroxyl groups excluding tert-OH is 8. The van der Waals surface area contributed by atoms with Crippen LogP contribution in [0.5, 0.6) is 5.75 Å². The minimum Gasteiger partial charge on any atom is -0.467 e. The summed E-state index contributed by atoms with van der Waals surface area (Å²) < 4.78 is 23.4. The first-order valence-electron chi connectivity index (χ1n) is 18.4. The van der Waals surface area contributed by atoms with Gasteiger partial charge in [-0.2, -0.15) is 0 Å². The van der Waals surface area contributed by atoms with Crippen molar-refractivity contribution < 1.29 is 64.6 Å². The number of fused-ring (bicyclic) bond motifs is 3. The summed E-state index contributed by atoms with van der Waals surface area (Å²) in [6.45, 7) is -1.02. The fourth-order valence-corrected chi connectivity index (χ4v) is 8.80. The molecule has 56 heavy (non-hydrogen) atoms. The highest BCUT2D eigenvalue weighted by Gasteiger charge is 2.47. The van der Waals surface area contributed by atoms with Gasteiger partial charge >= 0.3 is 0 Å². The van der Waals surface area contributed by atoms with Crippen LogP contribution in [-0.2, 0) is 19.6 Å². The molecule has 304 valence electrons. The van der Waals surface area contributed by atoms with Crippen molar-refractivity contribution in [2.75, 3.05) is 42.2 Å². The SMILES string of the molecule is Nc1cc(C(=O)N2C[C@@H](CCl)c3c2cc(O[C@H]2O[C@@H](CO)[C@@H](O)[C@@H](O)[C@@H]2O)c2ccccc32)cc([C@@]2(CCl)C=C(O[C@@H]3O[C@H](CO)[C@H](O)[C@H](O)[C@H]3O)CCC2)c1. The van der Waals surface area contributed by atoms with Crippen LogP contribution in [0.3, 0.4) is 0 Å². The van der Waals surface area contributed by atoms with Crippen LogP contribution in [0.15, 0.2) is 60.4 Å². The van der Waals surface area contributed by atoms with Crippen molar-refractivity contribution in [3.8, 4) is 5.75 Å². The zero-order valence-electron chi connectivity index (χ0n) is 30.1. The van der Waals surface area contributed by atoms with Crippen LogP contribution in [0.2, 0.25) is 0 Å². The fraction of sp³-hybridized carbons (Fsp3) is 0.513. The van der Waals surface area contributed by atoms with Crippen molar-refractivity contribution in [1.29, 1.82) is 0 Å². The number of nitrogen functional groups attached to an aromatic ring is 1. The molecular formula is C39H46Cl2N2O13. The van der Waals surface area contributed by atoms with Crippen LogP contribution in [-0.4, -0.2) is 140 Å². The summed E-state index contributed by atoms with van der Waals surface area (Å²) in [5, 5.41) is 83.3. The second-order valence-electron chi connectivity index (χ2n) is 14.8. The quantitative estimate of drug-likeness (QED) is 0.102. The lowest BCUT2D eigenvalue weighted by Gasteiger charge is -2.41. The number of nitrogens with zero attached hydrogens (tertiary/aromatic N) is 1. The van der Waals surface area contributed by atoms with Gasteiger partial charge in [0, 0.05) is 58.8 Å². The molecule has 3 aromatic rings. The maximum Gasteiger partial charge on any atom is 0.258 e. The predicted octanol–water partition coefficient (Wildman–Crippen LogP) is 0.944. The molecule has 15 nitrogen and oxygen atoms in total. The molecule has 2 fully saturated rings. The lowest BCUT2D eigenvalue weighted by molar-refractivity contribution is -0.292. The number of aliphatic hydroxyl groups is 8. The van der Waals surface area contributed by atoms with Gasteiger partial charge in [-0.05, 0) is 53.6 Å². The summed E-state index contributed by atoms with van der Waals surface area (Å²) in [5.74, 6) is 0.188. The van der Waals surface area contributed by atoms with E-state index >= 15 is 0 Å². The number of hydrogen-bond donors (Lipinski definition) is 9. The van der Waals surface area contributed by atoms with E-state index in [0.717, 1.165) is 10.9 Å². The normalized spacial score (nSPS) is 34.6. The van der Waals surface area contributed by atoms with E-state index in [0.29, 0.717) is 47.3 Å². The highest BCUT2D eigenvalue weighted by Crippen LogP contribution is 2.47. The Bertz CT molecular complexity index is 1950. The molecule has 0 unspecified atom stereocenters. The van der Waals surface area contributed by atoms with Gasteiger partial charge in [-0.3, -0.25) is 4.79 Å². The average Bonchev–Trinajstić information content (AvgIpc) is 3.59. The lowest BCUT2D eigenvalue weighted by atomic mass is 9.74. The van der Waals surface area contributed by atoms with Gasteiger partial charge in [0.05, 0.1) is 24.7 Å². The van der Waals surface area contributed by atoms with Gasteiger partial charge in [0.25, 0.3) is 5.91 Å². The second kappa shape index (κ2) is 16.5. The number of amides is 1. The van der Waals surface area contributed by atoms with Gasteiger partial charge in [0.2, 0.25) is 12.6 Å². The molecular weight excluding hydrogens is 775 g/mol. The number of rotatable bonds is 10. The molecule has 1 amide bonds. The number of halogens is 2. The van der Waals surface area contributed by atoms with Crippen LogP contribution < -0.4 is 15.4 Å². The number of hydrogen-bond acceptors (Lipinski definition) is 14. The molecule has 3 aliphatic heterocycles. The highest BCUT2D eigenvalue weighted by atomic mass is 35.5. The number of carbonyl (C=O) groups excluding carboxylic acids is 1. The molecule has 4 aliphatic rings. The largest absolute Gasteiger partial charge is 0.467 e. The van der Waals surface area contributed by atoms with Crippen molar-refractivity contribution in [2.45, 2.75) is 92.0 Å². The Hall–Kier alpha value is -3.29. The molecule has 3 aromatic carbocycles. The van der Waals surface area contributed by atoms with E-state index in [1.807, 2.05) is 12.1 Å². The predicted molar refractivity (Wildman–Crippen MR) is 204 cm³/mol. The Morgan fingerprint density at radius 1 is 0.839 bits per heavy atom. The smallest absolute Gasteiger partial charge is 0.258 e. The van der Waals surface area contributed by atoms with E-state index in [9.17, 15) is 45.6 Å². The number of benzene rings is 3. The van der Waals surface area contributed by atoms with E-state index in [4.69, 9.17) is 47.9 Å². The molecule has 0 bridgehead atoms. The van der Waals surface area contributed by atoms with E-state index in [1.54, 1.807) is 47.4 Å². The topological polar surface area (TPSA) is 245 Å². The van der Waals surface area contributed by atoms with Crippen LogP contribution in [0.4, 0.5) is 11.4 Å². The molecule has 3 heterocycles. The van der Waals surface area contributed by atoms with Crippen molar-refractivity contribution in [3.05, 3.63) is 77.1 Å². The molecule has 10 N–H and O–H groups in total. The number of nitrogens with two attached hydrogens (primary N) is 1. The monoisotopic (exact) mass is 820 g/mol. The molecule has 17 heteroatoms. The van der Waals surface area contributed by atoms with Crippen molar-refractivity contribution >= 4 is 51.3 Å². The molecule has 0 radical (unpaired) electrons. The summed E-state index contributed by atoms with van der Waals surface area (Å²) in [6, 6.07) is 13.9. The first-order valence-corrected chi connectivity index (χ1v) is 19.5. The number of ether oxygens (including phenoxy) is 4. The summed E-state index contributed by atoms with van der Waals surface area (Å²) in [5.41, 5.74) is 8.05. The third-order valence-corrected chi connectivity index (χ3v) is 12.1. The first-order chi connectivity index (χ1) is 26.8. The maximum atomic E-state index is 14.6. The average molecular weight is 822 g/mol. The Balaban J connectivity index is 1.22. The van der Waals surface area contributed by atoms with Gasteiger partial charge in [-0.25, -0.2) is 0 Å². The van der Waals surface area contributed by atoms with Crippen molar-refractivity contribution in [1.82, 2.24) is 0 Å². The molecule has 2 saturated heterocycles. The van der Waals surface area contributed by atoms with Gasteiger partial charge < -0.3 is 70.4 Å². The number of alkyl halides is 2. The van der Waals surface area contributed by atoms with Gasteiger partial charge in [-0.15, -0.1) is 23.2 Å². The van der Waals surface area contributed by atoms with Crippen LogP contribution in [0.1, 0.15) is 46.7 Å². The third kappa shape index (κ3) is 7.33. The van der Waals surface area contributed by atoms with Gasteiger partial charge in [-0.1, -0.05) is 24.3 Å². The van der Waals surface area contributed by atoms with Crippen LogP contribution >= 0.6 is 23.2 Å². The maximum absolute atomic E-state index is 14.6. The molecule has 0 saturated carbocycles. The van der Waals surface area contributed by atoms with E-state index in [-0.39, 0.29) is 35.5 Å². The summed E-state index contributed by atoms with van der Waals surface area (Å²) in [7, 11) is 0. The number of carbonyl (C=O) groups is 1. The van der Waals surface area contributed by atoms with Crippen LogP contribution in [0, 0.1) is 0 Å². The van der Waals surface area contributed by atoms with E-state index in [2.05, 4.69) is 0 Å². The number of anilines is 2. The zero-order chi connectivity index (χ0) is 40.1. The van der Waals surface area contributed by atoms with Gasteiger partial charge in [0.1, 0.15) is 54.6 Å². The lowest BCUT2D eigenvalue weighted by Crippen LogP contribution is -2.60. The number of allylic oxidation sites excluding steroid dienone is 2. The minimum atomic E-state index is -1.66. The van der Waals surface area contributed by atoms with Crippen LogP contribution in [0.25, 0.3) is 10.8 Å². The molecule has 12 atom stereocenters. The summed E-state index contributed by atoms with van der Waals surface area (Å²) in [4.78, 5) is 16.2. The molecule has 0 spiro atoms. The molecule has 7 rings (SSSR count).